The molecular formula is C19H18F2N2O3S2. The van der Waals surface area contributed by atoms with Crippen molar-refractivity contribution in [2.75, 3.05) is 26.2 Å². The van der Waals surface area contributed by atoms with Crippen molar-refractivity contribution in [3.05, 3.63) is 52.3 Å². The number of benzene rings is 2. The third-order valence-corrected chi connectivity index (χ3v) is 5.71. The van der Waals surface area contributed by atoms with Crippen molar-refractivity contribution in [3.8, 4) is 11.5 Å². The number of rotatable bonds is 6. The maximum Gasteiger partial charge on any atom is 0.285 e. The number of aryl methyl sites for hydroxylation is 1. The van der Waals surface area contributed by atoms with E-state index >= 15 is 0 Å². The van der Waals surface area contributed by atoms with Gasteiger partial charge in [0.15, 0.2) is 16.3 Å². The highest BCUT2D eigenvalue weighted by molar-refractivity contribution is 7.98. The van der Waals surface area contributed by atoms with Crippen molar-refractivity contribution in [1.82, 2.24) is 4.57 Å². The maximum atomic E-state index is 13.9. The lowest BCUT2D eigenvalue weighted by atomic mass is 10.2. The average Bonchev–Trinajstić information content (AvgIpc) is 3.00. The summed E-state index contributed by atoms with van der Waals surface area (Å²) in [5.74, 6) is -0.966. The molecule has 1 aromatic heterocycles. The van der Waals surface area contributed by atoms with Crippen molar-refractivity contribution < 1.29 is 23.0 Å². The molecule has 1 heterocycles. The van der Waals surface area contributed by atoms with Crippen molar-refractivity contribution >= 4 is 39.2 Å². The van der Waals surface area contributed by atoms with Crippen LogP contribution < -0.4 is 14.3 Å². The van der Waals surface area contributed by atoms with Crippen molar-refractivity contribution in [3.63, 3.8) is 0 Å². The van der Waals surface area contributed by atoms with Crippen LogP contribution in [0.4, 0.5) is 8.78 Å². The molecule has 0 aliphatic rings. The lowest BCUT2D eigenvalue weighted by Crippen LogP contribution is -2.19. The van der Waals surface area contributed by atoms with E-state index < -0.39 is 23.1 Å². The lowest BCUT2D eigenvalue weighted by Gasteiger charge is -2.09. The predicted octanol–water partition coefficient (Wildman–Crippen LogP) is 4.10. The molecule has 0 unspecified atom stereocenters. The first-order valence-corrected chi connectivity index (χ1v) is 10.5. The molecule has 0 fully saturated rings. The van der Waals surface area contributed by atoms with Crippen LogP contribution in [0.3, 0.4) is 0 Å². The van der Waals surface area contributed by atoms with Crippen molar-refractivity contribution in [1.29, 1.82) is 0 Å². The summed E-state index contributed by atoms with van der Waals surface area (Å²) in [6, 6.07) is 6.88. The molecule has 0 aliphatic carbocycles. The molecule has 0 saturated carbocycles. The van der Waals surface area contributed by atoms with Gasteiger partial charge in [0, 0.05) is 24.4 Å². The second-order valence-corrected chi connectivity index (χ2v) is 7.71. The van der Waals surface area contributed by atoms with Gasteiger partial charge in [-0.1, -0.05) is 17.4 Å². The first kappa shape index (κ1) is 20.3. The van der Waals surface area contributed by atoms with Crippen LogP contribution in [0.5, 0.6) is 11.5 Å². The monoisotopic (exact) mass is 424 g/mol. The highest BCUT2D eigenvalue weighted by Gasteiger charge is 2.18. The molecule has 1 amide bonds. The number of hydrogen-bond donors (Lipinski definition) is 0. The summed E-state index contributed by atoms with van der Waals surface area (Å²) >= 11 is 2.88. The molecule has 0 atom stereocenters. The maximum absolute atomic E-state index is 13.9. The quantitative estimate of drug-likeness (QED) is 0.598. The second-order valence-electron chi connectivity index (χ2n) is 5.72. The minimum atomic E-state index is -0.959. The van der Waals surface area contributed by atoms with Gasteiger partial charge in [0.2, 0.25) is 0 Å². The summed E-state index contributed by atoms with van der Waals surface area (Å²) in [4.78, 5) is 16.9. The van der Waals surface area contributed by atoms with Crippen LogP contribution in [0.25, 0.3) is 10.2 Å². The Morgan fingerprint density at radius 3 is 2.43 bits per heavy atom. The van der Waals surface area contributed by atoms with E-state index in [1.807, 2.05) is 10.8 Å². The van der Waals surface area contributed by atoms with Gasteiger partial charge in [-0.05, 0) is 18.4 Å². The minimum Gasteiger partial charge on any atom is -0.493 e. The summed E-state index contributed by atoms with van der Waals surface area (Å²) in [5, 5.41) is 0. The fraction of sp³-hybridized carbons (Fsp3) is 0.263. The van der Waals surface area contributed by atoms with Crippen molar-refractivity contribution in [2.45, 2.75) is 6.54 Å². The molecule has 148 valence electrons. The van der Waals surface area contributed by atoms with Gasteiger partial charge >= 0.3 is 0 Å². The zero-order chi connectivity index (χ0) is 20.3. The summed E-state index contributed by atoms with van der Waals surface area (Å²) in [6.07, 6.45) is 1.97. The molecule has 0 spiro atoms. The first-order chi connectivity index (χ1) is 13.5. The molecule has 0 saturated heterocycles. The number of thiazole rings is 1. The van der Waals surface area contributed by atoms with Crippen LogP contribution in [-0.2, 0) is 6.54 Å². The van der Waals surface area contributed by atoms with E-state index in [4.69, 9.17) is 9.47 Å². The topological polar surface area (TPSA) is 52.8 Å². The fourth-order valence-electron chi connectivity index (χ4n) is 2.73. The molecule has 28 heavy (non-hydrogen) atoms. The average molecular weight is 424 g/mol. The number of nitrogens with zero attached hydrogens (tertiary/aromatic N) is 2. The van der Waals surface area contributed by atoms with Gasteiger partial charge in [0.05, 0.1) is 24.4 Å². The van der Waals surface area contributed by atoms with Crippen LogP contribution in [-0.4, -0.2) is 36.7 Å². The molecule has 9 heteroatoms. The van der Waals surface area contributed by atoms with Crippen LogP contribution in [0.1, 0.15) is 10.4 Å². The Labute approximate surface area is 168 Å². The Morgan fingerprint density at radius 1 is 1.18 bits per heavy atom. The van der Waals surface area contributed by atoms with E-state index in [0.29, 0.717) is 22.8 Å². The minimum absolute atomic E-state index is 0.354. The van der Waals surface area contributed by atoms with E-state index in [9.17, 15) is 13.6 Å². The second kappa shape index (κ2) is 8.74. The molecular weight excluding hydrogens is 406 g/mol. The van der Waals surface area contributed by atoms with E-state index in [1.165, 1.54) is 31.6 Å². The number of ether oxygens (including phenoxy) is 2. The Kier molecular flexibility index (Phi) is 6.35. The molecule has 5 nitrogen and oxygen atoms in total. The van der Waals surface area contributed by atoms with Gasteiger partial charge in [-0.3, -0.25) is 4.79 Å². The Bertz CT molecular complexity index is 1070. The van der Waals surface area contributed by atoms with Gasteiger partial charge in [-0.15, -0.1) is 0 Å². The van der Waals surface area contributed by atoms with Gasteiger partial charge in [-0.2, -0.15) is 16.8 Å². The van der Waals surface area contributed by atoms with Gasteiger partial charge in [0.25, 0.3) is 5.91 Å². The normalized spacial score (nSPS) is 11.8. The largest absolute Gasteiger partial charge is 0.493 e. The zero-order valence-corrected chi connectivity index (χ0v) is 17.1. The number of carbonyl (C=O) groups excluding carboxylic acids is 1. The van der Waals surface area contributed by atoms with Gasteiger partial charge in [-0.25, -0.2) is 8.78 Å². The Hall–Kier alpha value is -2.39. The van der Waals surface area contributed by atoms with Crippen LogP contribution in [0.15, 0.2) is 35.3 Å². The molecule has 0 radical (unpaired) electrons. The molecule has 3 rings (SSSR count). The highest BCUT2D eigenvalue weighted by Crippen LogP contribution is 2.33. The third kappa shape index (κ3) is 3.90. The van der Waals surface area contributed by atoms with Crippen LogP contribution >= 0.6 is 23.1 Å². The van der Waals surface area contributed by atoms with Gasteiger partial charge < -0.3 is 14.0 Å². The Morgan fingerprint density at radius 2 is 1.82 bits per heavy atom. The van der Waals surface area contributed by atoms with E-state index in [1.54, 1.807) is 23.9 Å². The van der Waals surface area contributed by atoms with Gasteiger partial charge in [0.1, 0.15) is 17.2 Å². The number of fused-ring (bicyclic) bond motifs is 1. The summed E-state index contributed by atoms with van der Waals surface area (Å²) in [7, 11) is 3.08. The predicted molar refractivity (Wildman–Crippen MR) is 108 cm³/mol. The number of hydrogen-bond acceptors (Lipinski definition) is 5. The SMILES string of the molecule is COc1cc2sc(=NC(=O)c3c(F)cccc3F)n(CCSC)c2cc1OC. The summed E-state index contributed by atoms with van der Waals surface area (Å²) in [5.41, 5.74) is 0.142. The highest BCUT2D eigenvalue weighted by atomic mass is 32.2. The van der Waals surface area contributed by atoms with E-state index in [2.05, 4.69) is 4.99 Å². The van der Waals surface area contributed by atoms with E-state index in [0.717, 1.165) is 28.1 Å². The van der Waals surface area contributed by atoms with Crippen LogP contribution in [0, 0.1) is 11.6 Å². The van der Waals surface area contributed by atoms with E-state index in [-0.39, 0.29) is 0 Å². The smallest absolute Gasteiger partial charge is 0.285 e. The molecule has 0 N–H and O–H groups in total. The summed E-state index contributed by atoms with van der Waals surface area (Å²) < 4.78 is 41.2. The third-order valence-electron chi connectivity index (χ3n) is 4.08. The molecule has 2 aromatic carbocycles. The number of carbonyl (C=O) groups is 1. The Balaban J connectivity index is 2.21. The number of thioether (sulfide) groups is 1. The number of amides is 1. The lowest BCUT2D eigenvalue weighted by molar-refractivity contribution is 0.0990. The number of methoxy groups -OCH3 is 2. The standard InChI is InChI=1S/C19H18F2N2O3S2/c1-25-14-9-13-16(10-15(14)26-2)28-19(23(13)7-8-27-3)22-18(24)17-11(20)5-4-6-12(17)21/h4-6,9-10H,7-8H2,1-3H3. The first-order valence-electron chi connectivity index (χ1n) is 8.27. The number of halogens is 2. The number of aromatic nitrogens is 1. The zero-order valence-electron chi connectivity index (χ0n) is 15.5. The molecule has 0 bridgehead atoms. The molecule has 0 aliphatic heterocycles. The molecule has 3 aromatic rings. The fourth-order valence-corrected chi connectivity index (χ4v) is 4.16. The summed E-state index contributed by atoms with van der Waals surface area (Å²) in [6.45, 7) is 0.572. The van der Waals surface area contributed by atoms with Crippen LogP contribution in [0.2, 0.25) is 0 Å². The van der Waals surface area contributed by atoms with Crippen molar-refractivity contribution in [2.24, 2.45) is 4.99 Å².